The van der Waals surface area contributed by atoms with Crippen LogP contribution < -0.4 is 26.8 Å². The number of fused-ring (bicyclic) bond motifs is 2. The third kappa shape index (κ3) is 21.9. The molecule has 0 saturated carbocycles. The lowest BCUT2D eigenvalue weighted by molar-refractivity contribution is -0.401. The Morgan fingerprint density at radius 3 is 2.09 bits per heavy atom. The number of ether oxygens (including phenoxy) is 5. The fourth-order valence-electron chi connectivity index (χ4n) is 10.1. The van der Waals surface area contributed by atoms with Gasteiger partial charge in [0.1, 0.15) is 35.1 Å². The molecule has 0 radical (unpaired) electrons. The first kappa shape index (κ1) is 75.3. The molecule has 37 heteroatoms. The number of allylic oxidation sites excluding steroid dienone is 6. The highest BCUT2D eigenvalue weighted by Gasteiger charge is 2.45. The number of amides is 2. The quantitative estimate of drug-likeness (QED) is 0.0102. The monoisotopic (exact) mass is 1390 g/mol. The van der Waals surface area contributed by atoms with E-state index in [0.29, 0.717) is 44.5 Å². The van der Waals surface area contributed by atoms with Crippen molar-refractivity contribution in [2.75, 3.05) is 91.0 Å². The number of hydrogen-bond donors (Lipinski definition) is 9. The van der Waals surface area contributed by atoms with Crippen molar-refractivity contribution in [3.05, 3.63) is 116 Å². The zero-order chi connectivity index (χ0) is 67.9. The Hall–Kier alpha value is -5.70. The Kier molecular flexibility index (Phi) is 26.7. The van der Waals surface area contributed by atoms with Gasteiger partial charge in [-0.25, -0.2) is 26.9 Å². The lowest BCUT2D eigenvalue weighted by atomic mass is 9.81. The molecule has 508 valence electrons. The molecule has 3 aromatic rings. The van der Waals surface area contributed by atoms with E-state index < -0.39 is 96.7 Å². The summed E-state index contributed by atoms with van der Waals surface area (Å²) in [5, 5.41) is 15.8. The number of aromatic nitrogens is 2. The highest BCUT2D eigenvalue weighted by atomic mass is 32.2. The number of unbranched alkanes of at least 4 members (excludes halogenated alkanes) is 2. The average Bonchev–Trinajstić information content (AvgIpc) is 1.60. The lowest BCUT2D eigenvalue weighted by Gasteiger charge is -2.27. The van der Waals surface area contributed by atoms with Crippen molar-refractivity contribution < 1.29 is 115 Å². The molecule has 5 atom stereocenters. The molecule has 1 saturated heterocycles. The Balaban J connectivity index is 0.797. The van der Waals surface area contributed by atoms with Gasteiger partial charge in [0.15, 0.2) is 5.71 Å². The van der Waals surface area contributed by atoms with Crippen LogP contribution in [-0.4, -0.2) is 181 Å². The number of aliphatic hydroxyl groups is 1. The summed E-state index contributed by atoms with van der Waals surface area (Å²) in [6.45, 7) is 9.41. The number of rotatable bonds is 35. The topological polar surface area (TPSA) is 457 Å². The molecule has 92 heavy (non-hydrogen) atoms. The molecule has 3 aliphatic rings. The molecule has 0 spiro atoms. The number of carbonyl (C=O) groups is 2. The molecule has 4 heterocycles. The highest BCUT2D eigenvalue weighted by molar-refractivity contribution is 7.86. The molecule has 3 aliphatic heterocycles. The summed E-state index contributed by atoms with van der Waals surface area (Å²) >= 11 is 0. The van der Waals surface area contributed by atoms with Crippen molar-refractivity contribution in [2.45, 2.75) is 105 Å². The van der Waals surface area contributed by atoms with Crippen LogP contribution in [0.25, 0.3) is 0 Å². The second-order valence-corrected chi connectivity index (χ2v) is 29.1. The molecule has 6 rings (SSSR count). The zero-order valence-corrected chi connectivity index (χ0v) is 55.1. The molecule has 0 aliphatic carbocycles. The number of nitrogens with one attached hydrogen (secondary N) is 3. The fraction of sp³-hybridized carbons (Fsp3) is 0.509. The number of phosphoric ester groups is 1. The molecule has 9 N–H and O–H groups in total. The summed E-state index contributed by atoms with van der Waals surface area (Å²) in [4.78, 5) is 89.8. The maximum absolute atomic E-state index is 12.6. The number of carbonyl (C=O) groups excluding carboxylic acids is 2. The van der Waals surface area contributed by atoms with Crippen molar-refractivity contribution in [3.63, 3.8) is 0 Å². The third-order valence-corrected chi connectivity index (χ3v) is 20.0. The highest BCUT2D eigenvalue weighted by Crippen LogP contribution is 2.66. The van der Waals surface area contributed by atoms with Gasteiger partial charge in [0.05, 0.1) is 87.3 Å². The van der Waals surface area contributed by atoms with E-state index in [1.54, 1.807) is 12.1 Å². The van der Waals surface area contributed by atoms with Gasteiger partial charge in [-0.15, -0.1) is 0 Å². The first-order valence-electron chi connectivity index (χ1n) is 28.5. The molecular weight excluding hydrogens is 1320 g/mol. The molecular formula is C55H75N6O26P3S2. The summed E-state index contributed by atoms with van der Waals surface area (Å²) in [6, 6.07) is 8.92. The van der Waals surface area contributed by atoms with E-state index in [1.165, 1.54) is 24.3 Å². The maximum atomic E-state index is 12.6. The van der Waals surface area contributed by atoms with Crippen LogP contribution in [0.15, 0.2) is 98.1 Å². The van der Waals surface area contributed by atoms with Gasteiger partial charge < -0.3 is 68.5 Å². The maximum Gasteiger partial charge on any atom is 0.490 e. The standard InChI is InChI=1S/C55H75N6O26P3S2/c1-54(2)41-33-39(91(74,75)76)17-19-43(41)59(5)47(54)14-8-6-9-15-48-55(3,4)42-34-40(92(77,78)79)18-20-44(42)60(48)24-11-7-10-16-49(63)57-23-26-81-28-30-83-32-31-82-29-27-80-25-21-50(64)56-22-12-13-38-36-61(53(66)58-52(38)65)51-35-45(62)46(85-51)37-84-89(70,71)87-90(72,73)86-88(67,68)69/h6,8-9,14-15,17-20,33-34,36,45-46,51,62H,7,10-11,16,21-32,35,37H2,1-5H3,(H8-,56,57,58,63,64,65,66,67,68,69,70,71,72,73,74,75,76,77,78,79)/t45-,46+,51+/m0/s1. The summed E-state index contributed by atoms with van der Waals surface area (Å²) in [7, 11) is -24.2. The zero-order valence-electron chi connectivity index (χ0n) is 50.7. The fourth-order valence-corrected chi connectivity index (χ4v) is 14.1. The minimum atomic E-state index is -5.80. The molecule has 1 aromatic heterocycles. The Labute approximate surface area is 530 Å². The first-order valence-corrected chi connectivity index (χ1v) is 35.8. The lowest BCUT2D eigenvalue weighted by Crippen LogP contribution is -2.34. The second kappa shape index (κ2) is 32.6. The summed E-state index contributed by atoms with van der Waals surface area (Å²) in [5.41, 5.74) is 1.43. The summed E-state index contributed by atoms with van der Waals surface area (Å²) in [6.07, 6.45) is 8.26. The van der Waals surface area contributed by atoms with Crippen LogP contribution in [0.3, 0.4) is 0 Å². The van der Waals surface area contributed by atoms with E-state index >= 15 is 0 Å². The number of aliphatic hydroxyl groups excluding tert-OH is 1. The summed E-state index contributed by atoms with van der Waals surface area (Å²) < 4.78 is 146. The molecule has 32 nitrogen and oxygen atoms in total. The number of aromatic amines is 1. The molecule has 2 unspecified atom stereocenters. The van der Waals surface area contributed by atoms with Crippen LogP contribution in [0, 0.1) is 11.8 Å². The van der Waals surface area contributed by atoms with Crippen LogP contribution in [0.2, 0.25) is 0 Å². The van der Waals surface area contributed by atoms with Crippen molar-refractivity contribution >= 4 is 72.6 Å². The number of benzene rings is 2. The summed E-state index contributed by atoms with van der Waals surface area (Å²) in [5.74, 6) is 4.52. The van der Waals surface area contributed by atoms with E-state index in [2.05, 4.69) is 40.5 Å². The van der Waals surface area contributed by atoms with Crippen molar-refractivity contribution in [3.8, 4) is 11.8 Å². The van der Waals surface area contributed by atoms with Gasteiger partial charge in [-0.3, -0.25) is 33.0 Å². The smallest absolute Gasteiger partial charge is 0.490 e. The van der Waals surface area contributed by atoms with Gasteiger partial charge in [0.2, 0.25) is 17.5 Å². The van der Waals surface area contributed by atoms with Crippen LogP contribution in [0.5, 0.6) is 0 Å². The number of phosphoric acid groups is 3. The predicted molar refractivity (Wildman–Crippen MR) is 326 cm³/mol. The Bertz CT molecular complexity index is 3870. The van der Waals surface area contributed by atoms with Crippen molar-refractivity contribution in [2.24, 2.45) is 0 Å². The van der Waals surface area contributed by atoms with Crippen molar-refractivity contribution in [1.82, 2.24) is 20.2 Å². The van der Waals surface area contributed by atoms with E-state index in [-0.39, 0.29) is 86.9 Å². The molecule has 0 bridgehead atoms. The van der Waals surface area contributed by atoms with Crippen molar-refractivity contribution in [1.29, 1.82) is 0 Å². The van der Waals surface area contributed by atoms with E-state index in [4.69, 9.17) is 33.5 Å². The second-order valence-electron chi connectivity index (χ2n) is 21.9. The van der Waals surface area contributed by atoms with Gasteiger partial charge in [-0.1, -0.05) is 50.3 Å². The predicted octanol–water partition coefficient (Wildman–Crippen LogP) is 2.78. The van der Waals surface area contributed by atoms with Gasteiger partial charge in [-0.05, 0) is 68.7 Å². The van der Waals surface area contributed by atoms with Crippen LogP contribution >= 0.6 is 23.5 Å². The van der Waals surface area contributed by atoms with Crippen LogP contribution in [0.4, 0.5) is 11.4 Å². The van der Waals surface area contributed by atoms with Gasteiger partial charge in [0.25, 0.3) is 15.7 Å². The van der Waals surface area contributed by atoms with E-state index in [0.717, 1.165) is 45.5 Å². The Morgan fingerprint density at radius 1 is 0.804 bits per heavy atom. The molecule has 2 amide bonds. The number of anilines is 1. The Morgan fingerprint density at radius 2 is 1.43 bits per heavy atom. The first-order chi connectivity index (χ1) is 43.0. The molecule has 1 fully saturated rings. The van der Waals surface area contributed by atoms with E-state index in [9.17, 15) is 73.7 Å². The molecule has 2 aromatic carbocycles. The number of nitrogens with zero attached hydrogens (tertiary/aromatic N) is 3. The van der Waals surface area contributed by atoms with E-state index in [1.807, 2.05) is 74.7 Å². The van der Waals surface area contributed by atoms with Crippen LogP contribution in [-0.2, 0) is 91.2 Å². The minimum Gasteiger partial charge on any atom is -0.744 e. The van der Waals surface area contributed by atoms with Gasteiger partial charge in [0, 0.05) is 73.1 Å². The van der Waals surface area contributed by atoms with Crippen LogP contribution in [0.1, 0.15) is 89.1 Å². The number of hydrogen-bond acceptors (Lipinski definition) is 22. The SMILES string of the molecule is C[N+]1=C(/C=C/C=C/C=C2/N(CCCCCC(=O)NCCOCCOCCOCCOCCC(=O)NCC#Cc3cn([C@H]4C[C@H](O)[C@@H](COP(=O)(O)OP(=O)(O)OP(=O)(O)O)O4)c(=O)[nH]c3=O)c3ccc(S(=O)(=O)[O-])cc3C2(C)C)C(C)(C)c2cc(S(=O)(=O)O)ccc21. The normalized spacial score (nSPS) is 19.7. The van der Waals surface area contributed by atoms with Gasteiger partial charge >= 0.3 is 29.2 Å². The third-order valence-electron chi connectivity index (χ3n) is 14.5. The van der Waals surface area contributed by atoms with Gasteiger partial charge in [-0.2, -0.15) is 21.6 Å². The minimum absolute atomic E-state index is 0.0276. The largest absolute Gasteiger partial charge is 0.744 e. The number of H-pyrrole nitrogens is 1. The average molecular weight is 1390 g/mol.